The standard InChI is InChI=1S/C13H18O2S/c1-10(11(2)15-12(3)14)9-16-13-7-5-4-6-8-13/h4-8,10-11H,9H2,1-3H3/t10-,11+/m0/s1. The van der Waals surface area contributed by atoms with Crippen molar-refractivity contribution in [3.05, 3.63) is 30.3 Å². The summed E-state index contributed by atoms with van der Waals surface area (Å²) in [6.45, 7) is 5.49. The molecule has 3 heteroatoms. The molecule has 0 saturated carbocycles. The second-order valence-electron chi connectivity index (χ2n) is 3.92. The van der Waals surface area contributed by atoms with Gasteiger partial charge in [-0.05, 0) is 19.1 Å². The van der Waals surface area contributed by atoms with Gasteiger partial charge in [-0.2, -0.15) is 0 Å². The van der Waals surface area contributed by atoms with Crippen molar-refractivity contribution in [1.82, 2.24) is 0 Å². The van der Waals surface area contributed by atoms with Crippen molar-refractivity contribution < 1.29 is 9.53 Å². The summed E-state index contributed by atoms with van der Waals surface area (Å²) in [6, 6.07) is 10.3. The van der Waals surface area contributed by atoms with Crippen molar-refractivity contribution in [3.8, 4) is 0 Å². The van der Waals surface area contributed by atoms with Crippen LogP contribution in [0.25, 0.3) is 0 Å². The number of rotatable bonds is 5. The first-order valence-electron chi connectivity index (χ1n) is 5.44. The lowest BCUT2D eigenvalue weighted by Crippen LogP contribution is -2.22. The summed E-state index contributed by atoms with van der Waals surface area (Å²) in [7, 11) is 0. The molecule has 0 N–H and O–H groups in total. The molecule has 0 unspecified atom stereocenters. The Morgan fingerprint density at radius 1 is 1.31 bits per heavy atom. The molecule has 2 atom stereocenters. The number of thioether (sulfide) groups is 1. The van der Waals surface area contributed by atoms with E-state index in [0.717, 1.165) is 5.75 Å². The van der Waals surface area contributed by atoms with E-state index in [0.29, 0.717) is 5.92 Å². The van der Waals surface area contributed by atoms with Crippen molar-refractivity contribution in [2.45, 2.75) is 31.8 Å². The third-order valence-corrected chi connectivity index (χ3v) is 3.71. The summed E-state index contributed by atoms with van der Waals surface area (Å²) in [6.07, 6.45) is -0.0197. The molecule has 0 bridgehead atoms. The van der Waals surface area contributed by atoms with E-state index in [4.69, 9.17) is 4.74 Å². The largest absolute Gasteiger partial charge is 0.463 e. The Balaban J connectivity index is 2.35. The van der Waals surface area contributed by atoms with Crippen LogP contribution in [0.4, 0.5) is 0 Å². The highest BCUT2D eigenvalue weighted by Gasteiger charge is 2.14. The monoisotopic (exact) mass is 238 g/mol. The van der Waals surface area contributed by atoms with Crippen molar-refractivity contribution in [2.75, 3.05) is 5.75 Å². The Bertz CT molecular complexity index is 324. The van der Waals surface area contributed by atoms with Crippen molar-refractivity contribution >= 4 is 17.7 Å². The van der Waals surface area contributed by atoms with Gasteiger partial charge in [0.05, 0.1) is 0 Å². The summed E-state index contributed by atoms with van der Waals surface area (Å²) in [5, 5.41) is 0. The first-order chi connectivity index (χ1) is 7.59. The topological polar surface area (TPSA) is 26.3 Å². The molecule has 2 nitrogen and oxygen atoms in total. The molecule has 0 aliphatic heterocycles. The average Bonchev–Trinajstić information content (AvgIpc) is 2.26. The lowest BCUT2D eigenvalue weighted by atomic mass is 10.1. The lowest BCUT2D eigenvalue weighted by Gasteiger charge is -2.19. The van der Waals surface area contributed by atoms with Crippen molar-refractivity contribution in [2.24, 2.45) is 5.92 Å². The molecular weight excluding hydrogens is 220 g/mol. The highest BCUT2D eigenvalue weighted by atomic mass is 32.2. The molecule has 0 saturated heterocycles. The maximum atomic E-state index is 10.8. The number of hydrogen-bond donors (Lipinski definition) is 0. The van der Waals surface area contributed by atoms with Gasteiger partial charge in [0.2, 0.25) is 0 Å². The van der Waals surface area contributed by atoms with Gasteiger partial charge in [0, 0.05) is 23.5 Å². The van der Waals surface area contributed by atoms with Crippen LogP contribution in [0.2, 0.25) is 0 Å². The van der Waals surface area contributed by atoms with Crippen LogP contribution < -0.4 is 0 Å². The van der Waals surface area contributed by atoms with E-state index in [1.54, 1.807) is 11.8 Å². The van der Waals surface area contributed by atoms with E-state index >= 15 is 0 Å². The van der Waals surface area contributed by atoms with E-state index in [1.807, 2.05) is 25.1 Å². The van der Waals surface area contributed by atoms with Gasteiger partial charge in [-0.15, -0.1) is 11.8 Å². The maximum Gasteiger partial charge on any atom is 0.302 e. The van der Waals surface area contributed by atoms with E-state index in [2.05, 4.69) is 19.1 Å². The molecule has 0 aromatic heterocycles. The minimum atomic E-state index is -0.205. The predicted molar refractivity (Wildman–Crippen MR) is 67.6 cm³/mol. The van der Waals surface area contributed by atoms with Crippen LogP contribution in [0.15, 0.2) is 35.2 Å². The molecule has 0 fully saturated rings. The summed E-state index contributed by atoms with van der Waals surface area (Å²) in [5.74, 6) is 1.11. The summed E-state index contributed by atoms with van der Waals surface area (Å²) in [5.41, 5.74) is 0. The molecule has 0 aliphatic rings. The number of carbonyl (C=O) groups is 1. The van der Waals surface area contributed by atoms with Gasteiger partial charge < -0.3 is 4.74 Å². The van der Waals surface area contributed by atoms with Crippen LogP contribution in [0, 0.1) is 5.92 Å². The minimum absolute atomic E-state index is 0.0197. The van der Waals surface area contributed by atoms with E-state index in [9.17, 15) is 4.79 Å². The summed E-state index contributed by atoms with van der Waals surface area (Å²) < 4.78 is 5.15. The fraction of sp³-hybridized carbons (Fsp3) is 0.462. The van der Waals surface area contributed by atoms with Crippen molar-refractivity contribution in [1.29, 1.82) is 0 Å². The highest BCUT2D eigenvalue weighted by Crippen LogP contribution is 2.22. The third kappa shape index (κ3) is 4.71. The molecule has 1 rings (SSSR count). The minimum Gasteiger partial charge on any atom is -0.463 e. The first-order valence-corrected chi connectivity index (χ1v) is 6.43. The van der Waals surface area contributed by atoms with Gasteiger partial charge in [0.15, 0.2) is 0 Å². The lowest BCUT2D eigenvalue weighted by molar-refractivity contribution is -0.147. The van der Waals surface area contributed by atoms with E-state index < -0.39 is 0 Å². The Hall–Kier alpha value is -0.960. The molecular formula is C13H18O2S. The highest BCUT2D eigenvalue weighted by molar-refractivity contribution is 7.99. The number of hydrogen-bond acceptors (Lipinski definition) is 3. The van der Waals surface area contributed by atoms with Gasteiger partial charge in [-0.1, -0.05) is 25.1 Å². The Kier molecular flexibility index (Phi) is 5.39. The number of ether oxygens (including phenoxy) is 1. The number of benzene rings is 1. The van der Waals surface area contributed by atoms with Crippen LogP contribution in [0.5, 0.6) is 0 Å². The summed E-state index contributed by atoms with van der Waals surface area (Å²) in [4.78, 5) is 12.1. The fourth-order valence-electron chi connectivity index (χ4n) is 1.26. The molecule has 88 valence electrons. The molecule has 0 amide bonds. The molecule has 1 aromatic carbocycles. The summed E-state index contributed by atoms with van der Waals surface area (Å²) >= 11 is 1.79. The Labute approximate surface area is 101 Å². The van der Waals surface area contributed by atoms with E-state index in [1.165, 1.54) is 11.8 Å². The molecule has 16 heavy (non-hydrogen) atoms. The molecule has 0 radical (unpaired) electrons. The van der Waals surface area contributed by atoms with Crippen LogP contribution in [0.1, 0.15) is 20.8 Å². The molecule has 0 spiro atoms. The van der Waals surface area contributed by atoms with Crippen LogP contribution in [-0.2, 0) is 9.53 Å². The second kappa shape index (κ2) is 6.59. The molecule has 0 aliphatic carbocycles. The fourth-order valence-corrected chi connectivity index (χ4v) is 2.33. The van der Waals surface area contributed by atoms with Gasteiger partial charge in [-0.25, -0.2) is 0 Å². The first kappa shape index (κ1) is 13.1. The number of carbonyl (C=O) groups excluding carboxylic acids is 1. The maximum absolute atomic E-state index is 10.8. The van der Waals surface area contributed by atoms with E-state index in [-0.39, 0.29) is 12.1 Å². The zero-order chi connectivity index (χ0) is 12.0. The Morgan fingerprint density at radius 2 is 1.94 bits per heavy atom. The normalized spacial score (nSPS) is 14.2. The average molecular weight is 238 g/mol. The third-order valence-electron chi connectivity index (χ3n) is 2.41. The van der Waals surface area contributed by atoms with Crippen LogP contribution in [-0.4, -0.2) is 17.8 Å². The number of esters is 1. The molecule has 0 heterocycles. The predicted octanol–water partition coefficient (Wildman–Crippen LogP) is 3.37. The van der Waals surface area contributed by atoms with Crippen molar-refractivity contribution in [3.63, 3.8) is 0 Å². The van der Waals surface area contributed by atoms with Gasteiger partial charge in [0.25, 0.3) is 0 Å². The van der Waals surface area contributed by atoms with Gasteiger partial charge in [0.1, 0.15) is 6.10 Å². The Morgan fingerprint density at radius 3 is 2.50 bits per heavy atom. The quantitative estimate of drug-likeness (QED) is 0.581. The van der Waals surface area contributed by atoms with Gasteiger partial charge in [-0.3, -0.25) is 4.79 Å². The zero-order valence-electron chi connectivity index (χ0n) is 9.97. The second-order valence-corrected chi connectivity index (χ2v) is 5.01. The zero-order valence-corrected chi connectivity index (χ0v) is 10.8. The molecule has 1 aromatic rings. The SMILES string of the molecule is CC(=O)O[C@H](C)[C@@H](C)CSc1ccccc1. The van der Waals surface area contributed by atoms with Crippen LogP contribution >= 0.6 is 11.8 Å². The van der Waals surface area contributed by atoms with Crippen LogP contribution in [0.3, 0.4) is 0 Å². The smallest absolute Gasteiger partial charge is 0.302 e. The van der Waals surface area contributed by atoms with Gasteiger partial charge >= 0.3 is 5.97 Å².